The molecule has 0 spiro atoms. The fourth-order valence-electron chi connectivity index (χ4n) is 2.96. The van der Waals surface area contributed by atoms with Crippen LogP contribution < -0.4 is 14.8 Å². The number of carbonyl (C=O) groups excluding carboxylic acids is 1. The number of methoxy groups -OCH3 is 1. The summed E-state index contributed by atoms with van der Waals surface area (Å²) in [5, 5.41) is 2.90. The number of benzene rings is 2. The summed E-state index contributed by atoms with van der Waals surface area (Å²) in [4.78, 5) is 19.9. The molecule has 1 amide bonds. The molecule has 0 fully saturated rings. The van der Waals surface area contributed by atoms with Crippen molar-refractivity contribution >= 4 is 23.0 Å². The molecule has 0 aliphatic heterocycles. The van der Waals surface area contributed by atoms with Crippen molar-refractivity contribution < 1.29 is 14.3 Å². The number of rotatable bonds is 9. The van der Waals surface area contributed by atoms with Gasteiger partial charge in [0.15, 0.2) is 11.5 Å². The third kappa shape index (κ3) is 5.85. The van der Waals surface area contributed by atoms with Gasteiger partial charge in [-0.3, -0.25) is 4.79 Å². The topological polar surface area (TPSA) is 76.2 Å². The zero-order valence-corrected chi connectivity index (χ0v) is 17.1. The molecular weight excluding hydrogens is 366 g/mol. The Morgan fingerprint density at radius 3 is 2.79 bits per heavy atom. The molecule has 6 heteroatoms. The lowest BCUT2D eigenvalue weighted by Gasteiger charge is -2.13. The zero-order valence-electron chi connectivity index (χ0n) is 17.1. The number of ether oxygens (including phenoxy) is 2. The van der Waals surface area contributed by atoms with Crippen molar-refractivity contribution in [1.82, 2.24) is 15.3 Å². The van der Waals surface area contributed by atoms with Crippen LogP contribution in [0.5, 0.6) is 11.5 Å². The van der Waals surface area contributed by atoms with Crippen LogP contribution in [0.15, 0.2) is 48.5 Å². The standard InChI is InChI=1S/C23H27N3O3/c1-16(2)29-20-12-10-17(15-21(20)28-3)11-13-23(27)24-14-6-9-22-25-18-7-4-5-8-19(18)26-22/h4-5,7-8,10-13,15-16H,6,9,14H2,1-3H3,(H,24,27)(H,25,26)/b13-11+. The second-order valence-corrected chi connectivity index (χ2v) is 7.01. The number of nitrogens with one attached hydrogen (secondary N) is 2. The lowest BCUT2D eigenvalue weighted by Crippen LogP contribution is -2.22. The van der Waals surface area contributed by atoms with Crippen molar-refractivity contribution in [1.29, 1.82) is 0 Å². The van der Waals surface area contributed by atoms with Crippen LogP contribution in [0.4, 0.5) is 0 Å². The highest BCUT2D eigenvalue weighted by Crippen LogP contribution is 2.29. The van der Waals surface area contributed by atoms with Crippen molar-refractivity contribution in [3.05, 3.63) is 59.9 Å². The van der Waals surface area contributed by atoms with Gasteiger partial charge >= 0.3 is 0 Å². The summed E-state index contributed by atoms with van der Waals surface area (Å²) in [5.41, 5.74) is 2.87. The summed E-state index contributed by atoms with van der Waals surface area (Å²) in [6, 6.07) is 13.5. The number of H-pyrrole nitrogens is 1. The van der Waals surface area contributed by atoms with Crippen molar-refractivity contribution in [3.63, 3.8) is 0 Å². The van der Waals surface area contributed by atoms with Crippen LogP contribution in [-0.4, -0.2) is 35.6 Å². The fraction of sp³-hybridized carbons (Fsp3) is 0.304. The van der Waals surface area contributed by atoms with Crippen LogP contribution >= 0.6 is 0 Å². The molecule has 152 valence electrons. The molecule has 1 heterocycles. The Hall–Kier alpha value is -3.28. The highest BCUT2D eigenvalue weighted by Gasteiger charge is 2.07. The van der Waals surface area contributed by atoms with Gasteiger partial charge < -0.3 is 19.8 Å². The molecule has 2 N–H and O–H groups in total. The van der Waals surface area contributed by atoms with Crippen LogP contribution in [-0.2, 0) is 11.2 Å². The molecule has 0 saturated heterocycles. The van der Waals surface area contributed by atoms with Crippen molar-refractivity contribution in [2.24, 2.45) is 0 Å². The van der Waals surface area contributed by atoms with Gasteiger partial charge in [-0.15, -0.1) is 0 Å². The summed E-state index contributed by atoms with van der Waals surface area (Å²) >= 11 is 0. The van der Waals surface area contributed by atoms with Gasteiger partial charge in [-0.2, -0.15) is 0 Å². The summed E-state index contributed by atoms with van der Waals surface area (Å²) < 4.78 is 11.1. The predicted octanol–water partition coefficient (Wildman–Crippen LogP) is 4.12. The quantitative estimate of drug-likeness (QED) is 0.423. The number of nitrogens with zero attached hydrogens (tertiary/aromatic N) is 1. The van der Waals surface area contributed by atoms with Gasteiger partial charge in [-0.25, -0.2) is 4.98 Å². The summed E-state index contributed by atoms with van der Waals surface area (Å²) in [6.07, 6.45) is 4.95. The molecule has 0 aliphatic carbocycles. The third-order valence-electron chi connectivity index (χ3n) is 4.31. The third-order valence-corrected chi connectivity index (χ3v) is 4.31. The molecule has 0 aliphatic rings. The first-order chi connectivity index (χ1) is 14.0. The van der Waals surface area contributed by atoms with Gasteiger partial charge in [0, 0.05) is 19.0 Å². The number of hydrogen-bond acceptors (Lipinski definition) is 4. The average molecular weight is 393 g/mol. The van der Waals surface area contributed by atoms with Gasteiger partial charge in [0.2, 0.25) is 5.91 Å². The number of aryl methyl sites for hydroxylation is 1. The van der Waals surface area contributed by atoms with Gasteiger partial charge in [0.1, 0.15) is 5.82 Å². The molecule has 2 aromatic carbocycles. The SMILES string of the molecule is COc1cc(/C=C/C(=O)NCCCc2nc3ccccc3[nH]2)ccc1OC(C)C. The fourth-order valence-corrected chi connectivity index (χ4v) is 2.96. The zero-order chi connectivity index (χ0) is 20.6. The number of aromatic nitrogens is 2. The number of imidazole rings is 1. The van der Waals surface area contributed by atoms with Crippen LogP contribution in [0.1, 0.15) is 31.7 Å². The normalized spacial score (nSPS) is 11.3. The average Bonchev–Trinajstić information content (AvgIpc) is 3.13. The minimum Gasteiger partial charge on any atom is -0.493 e. The largest absolute Gasteiger partial charge is 0.493 e. The maximum absolute atomic E-state index is 12.1. The van der Waals surface area contributed by atoms with Gasteiger partial charge in [0.05, 0.1) is 24.2 Å². The maximum Gasteiger partial charge on any atom is 0.243 e. The second-order valence-electron chi connectivity index (χ2n) is 7.01. The molecule has 3 aromatic rings. The number of amides is 1. The highest BCUT2D eigenvalue weighted by molar-refractivity contribution is 5.91. The van der Waals surface area contributed by atoms with E-state index in [9.17, 15) is 4.79 Å². The van der Waals surface area contributed by atoms with Crippen molar-refractivity contribution in [2.75, 3.05) is 13.7 Å². The number of aromatic amines is 1. The maximum atomic E-state index is 12.1. The Morgan fingerprint density at radius 2 is 2.03 bits per heavy atom. The molecule has 0 atom stereocenters. The lowest BCUT2D eigenvalue weighted by molar-refractivity contribution is -0.116. The predicted molar refractivity (Wildman–Crippen MR) is 115 cm³/mol. The molecule has 29 heavy (non-hydrogen) atoms. The molecule has 0 bridgehead atoms. The number of carbonyl (C=O) groups is 1. The van der Waals surface area contributed by atoms with E-state index in [2.05, 4.69) is 15.3 Å². The first kappa shape index (κ1) is 20.5. The minimum atomic E-state index is -0.129. The van der Waals surface area contributed by atoms with Crippen LogP contribution in [0.3, 0.4) is 0 Å². The molecule has 6 nitrogen and oxygen atoms in total. The first-order valence-corrected chi connectivity index (χ1v) is 9.79. The number of hydrogen-bond donors (Lipinski definition) is 2. The Morgan fingerprint density at radius 1 is 1.21 bits per heavy atom. The van der Waals surface area contributed by atoms with E-state index in [0.29, 0.717) is 18.0 Å². The van der Waals surface area contributed by atoms with E-state index in [1.165, 1.54) is 6.08 Å². The number of fused-ring (bicyclic) bond motifs is 1. The van der Waals surface area contributed by atoms with E-state index in [1.807, 2.05) is 56.3 Å². The summed E-state index contributed by atoms with van der Waals surface area (Å²) in [7, 11) is 1.60. The molecule has 3 rings (SSSR count). The molecule has 0 radical (unpaired) electrons. The minimum absolute atomic E-state index is 0.0654. The molecule has 0 unspecified atom stereocenters. The van der Waals surface area contributed by atoms with E-state index >= 15 is 0 Å². The van der Waals surface area contributed by atoms with E-state index in [0.717, 1.165) is 35.3 Å². The van der Waals surface area contributed by atoms with E-state index < -0.39 is 0 Å². The summed E-state index contributed by atoms with van der Waals surface area (Å²) in [5.74, 6) is 2.14. The van der Waals surface area contributed by atoms with E-state index in [-0.39, 0.29) is 12.0 Å². The highest BCUT2D eigenvalue weighted by atomic mass is 16.5. The van der Waals surface area contributed by atoms with Gasteiger partial charge in [-0.1, -0.05) is 18.2 Å². The number of para-hydroxylation sites is 2. The first-order valence-electron chi connectivity index (χ1n) is 9.79. The smallest absolute Gasteiger partial charge is 0.243 e. The Labute approximate surface area is 170 Å². The van der Waals surface area contributed by atoms with Crippen LogP contribution in [0, 0.1) is 0 Å². The van der Waals surface area contributed by atoms with E-state index in [1.54, 1.807) is 13.2 Å². The Kier molecular flexibility index (Phi) is 6.89. The Bertz CT molecular complexity index is 959. The van der Waals surface area contributed by atoms with Crippen LogP contribution in [0.2, 0.25) is 0 Å². The summed E-state index contributed by atoms with van der Waals surface area (Å²) in [6.45, 7) is 4.52. The Balaban J connectivity index is 1.46. The second kappa shape index (κ2) is 9.78. The molecular formula is C23H27N3O3. The van der Waals surface area contributed by atoms with Crippen LogP contribution in [0.25, 0.3) is 17.1 Å². The van der Waals surface area contributed by atoms with E-state index in [4.69, 9.17) is 9.47 Å². The lowest BCUT2D eigenvalue weighted by atomic mass is 10.2. The van der Waals surface area contributed by atoms with Gasteiger partial charge in [0.25, 0.3) is 0 Å². The molecule has 0 saturated carbocycles. The monoisotopic (exact) mass is 393 g/mol. The van der Waals surface area contributed by atoms with Crippen molar-refractivity contribution in [3.8, 4) is 11.5 Å². The van der Waals surface area contributed by atoms with Gasteiger partial charge in [-0.05, 0) is 56.2 Å². The van der Waals surface area contributed by atoms with Crippen molar-refractivity contribution in [2.45, 2.75) is 32.8 Å². The molecule has 1 aromatic heterocycles.